The summed E-state index contributed by atoms with van der Waals surface area (Å²) in [6, 6.07) is 46.8. The highest BCUT2D eigenvalue weighted by molar-refractivity contribution is 6.18. The summed E-state index contributed by atoms with van der Waals surface area (Å²) < 4.78 is 0. The molecule has 1 unspecified atom stereocenters. The van der Waals surface area contributed by atoms with E-state index in [1.807, 2.05) is 6.07 Å². The van der Waals surface area contributed by atoms with Crippen molar-refractivity contribution in [2.45, 2.75) is 13.3 Å². The van der Waals surface area contributed by atoms with Crippen molar-refractivity contribution in [3.8, 4) is 22.3 Å². The predicted octanol–water partition coefficient (Wildman–Crippen LogP) is 9.64. The molecule has 1 atom stereocenters. The first kappa shape index (κ1) is 27.4. The van der Waals surface area contributed by atoms with Gasteiger partial charge in [-0.25, -0.2) is 9.98 Å². The van der Waals surface area contributed by atoms with Crippen LogP contribution in [0.15, 0.2) is 167 Å². The average Bonchev–Trinajstić information content (AvgIpc) is 3.33. The Morgan fingerprint density at radius 2 is 1.05 bits per heavy atom. The van der Waals surface area contributed by atoms with E-state index in [0.717, 1.165) is 29.1 Å². The van der Waals surface area contributed by atoms with E-state index < -0.39 is 0 Å². The van der Waals surface area contributed by atoms with Crippen molar-refractivity contribution in [2.75, 3.05) is 6.54 Å². The molecule has 44 heavy (non-hydrogen) atoms. The van der Waals surface area contributed by atoms with Gasteiger partial charge in [0.15, 0.2) is 5.84 Å². The van der Waals surface area contributed by atoms with Gasteiger partial charge in [0.1, 0.15) is 5.84 Å². The molecule has 5 aromatic carbocycles. The zero-order valence-electron chi connectivity index (χ0n) is 24.8. The van der Waals surface area contributed by atoms with Crippen LogP contribution in [0.3, 0.4) is 0 Å². The normalized spacial score (nSPS) is 16.3. The zero-order valence-corrected chi connectivity index (χ0v) is 24.8. The summed E-state index contributed by atoms with van der Waals surface area (Å²) in [5.74, 6) is 1.62. The van der Waals surface area contributed by atoms with Crippen molar-refractivity contribution >= 4 is 23.0 Å². The number of allylic oxidation sites excluding steroid dienone is 3. The molecule has 3 heteroatoms. The Morgan fingerprint density at radius 3 is 1.64 bits per heavy atom. The third kappa shape index (κ3) is 6.04. The van der Waals surface area contributed by atoms with E-state index in [4.69, 9.17) is 15.0 Å². The summed E-state index contributed by atoms with van der Waals surface area (Å²) >= 11 is 0. The summed E-state index contributed by atoms with van der Waals surface area (Å²) in [4.78, 5) is 15.3. The largest absolute Gasteiger partial charge is 0.263 e. The number of rotatable bonds is 6. The number of hydrogen-bond donors (Lipinski definition) is 0. The summed E-state index contributed by atoms with van der Waals surface area (Å²) in [6.45, 7) is 2.59. The van der Waals surface area contributed by atoms with E-state index in [9.17, 15) is 0 Å². The molecular formula is C41H33N3. The Morgan fingerprint density at radius 1 is 0.523 bits per heavy atom. The van der Waals surface area contributed by atoms with E-state index in [1.54, 1.807) is 0 Å². The van der Waals surface area contributed by atoms with Crippen molar-refractivity contribution in [1.82, 2.24) is 0 Å². The van der Waals surface area contributed by atoms with Crippen LogP contribution in [0, 0.1) is 12.8 Å². The van der Waals surface area contributed by atoms with E-state index >= 15 is 0 Å². The van der Waals surface area contributed by atoms with Gasteiger partial charge >= 0.3 is 0 Å². The van der Waals surface area contributed by atoms with Gasteiger partial charge in [0.05, 0.1) is 12.3 Å². The molecule has 0 fully saturated rings. The van der Waals surface area contributed by atoms with E-state index in [0.29, 0.717) is 12.4 Å². The van der Waals surface area contributed by atoms with Gasteiger partial charge in [-0.15, -0.1) is 0 Å². The Kier molecular flexibility index (Phi) is 7.76. The molecule has 0 bridgehead atoms. The summed E-state index contributed by atoms with van der Waals surface area (Å²) in [5.41, 5.74) is 11.4. The molecular weight excluding hydrogens is 534 g/mol. The average molecular weight is 568 g/mol. The fourth-order valence-corrected chi connectivity index (χ4v) is 5.67. The Bertz CT molecular complexity index is 1910. The van der Waals surface area contributed by atoms with E-state index in [1.165, 1.54) is 39.0 Å². The fourth-order valence-electron chi connectivity index (χ4n) is 5.67. The Hall–Kier alpha value is -5.41. The van der Waals surface area contributed by atoms with Gasteiger partial charge in [0, 0.05) is 11.5 Å². The Balaban J connectivity index is 1.21. The Labute approximate surface area is 259 Å². The molecule has 7 rings (SSSR count). The van der Waals surface area contributed by atoms with Gasteiger partial charge in [0.2, 0.25) is 0 Å². The van der Waals surface area contributed by atoms with Gasteiger partial charge in [-0.2, -0.15) is 0 Å². The third-order valence-electron chi connectivity index (χ3n) is 8.24. The molecule has 212 valence electrons. The smallest absolute Gasteiger partial charge is 0.161 e. The van der Waals surface area contributed by atoms with Crippen LogP contribution in [-0.2, 0) is 0 Å². The van der Waals surface area contributed by atoms with Crippen molar-refractivity contribution in [2.24, 2.45) is 20.9 Å². The highest BCUT2D eigenvalue weighted by Gasteiger charge is 2.20. The van der Waals surface area contributed by atoms with Gasteiger partial charge < -0.3 is 0 Å². The monoisotopic (exact) mass is 567 g/mol. The lowest BCUT2D eigenvalue weighted by atomic mass is 9.92. The minimum Gasteiger partial charge on any atom is -0.263 e. The van der Waals surface area contributed by atoms with Gasteiger partial charge in [-0.1, -0.05) is 157 Å². The lowest BCUT2D eigenvalue weighted by Crippen LogP contribution is -2.14. The first-order valence-corrected chi connectivity index (χ1v) is 15.2. The number of aliphatic imine (C=N–C) groups is 3. The SMILES string of the molecule is Cc1ccc(-c2ccc(C3=NC(c4ccc(-c5ccccc5)cc4)=NC(C4C=CC(c5ccccc5)=CC4)=NC3)cc2)cc1. The summed E-state index contributed by atoms with van der Waals surface area (Å²) in [6.07, 6.45) is 7.58. The maximum Gasteiger partial charge on any atom is 0.161 e. The van der Waals surface area contributed by atoms with E-state index in [-0.39, 0.29) is 5.92 Å². The van der Waals surface area contributed by atoms with Gasteiger partial charge in [-0.3, -0.25) is 4.99 Å². The van der Waals surface area contributed by atoms with Gasteiger partial charge in [0.25, 0.3) is 0 Å². The molecule has 0 amide bonds. The van der Waals surface area contributed by atoms with Crippen molar-refractivity contribution in [3.63, 3.8) is 0 Å². The molecule has 1 heterocycles. The van der Waals surface area contributed by atoms with Crippen LogP contribution in [-0.4, -0.2) is 23.9 Å². The number of hydrogen-bond acceptors (Lipinski definition) is 3. The second kappa shape index (κ2) is 12.4. The van der Waals surface area contributed by atoms with Crippen molar-refractivity contribution < 1.29 is 0 Å². The highest BCUT2D eigenvalue weighted by Crippen LogP contribution is 2.27. The molecule has 2 aliphatic rings. The van der Waals surface area contributed by atoms with Crippen LogP contribution in [0.25, 0.3) is 27.8 Å². The molecule has 0 N–H and O–H groups in total. The van der Waals surface area contributed by atoms with Crippen molar-refractivity contribution in [3.05, 3.63) is 174 Å². The minimum atomic E-state index is 0.0968. The highest BCUT2D eigenvalue weighted by atomic mass is 15.0. The quantitative estimate of drug-likeness (QED) is 0.196. The summed E-state index contributed by atoms with van der Waals surface area (Å²) in [5, 5.41) is 0. The van der Waals surface area contributed by atoms with E-state index in [2.05, 4.69) is 153 Å². The molecule has 1 aliphatic heterocycles. The number of nitrogens with zero attached hydrogens (tertiary/aromatic N) is 3. The van der Waals surface area contributed by atoms with Crippen LogP contribution in [0.2, 0.25) is 0 Å². The molecule has 1 aliphatic carbocycles. The zero-order chi connectivity index (χ0) is 29.7. The summed E-state index contributed by atoms with van der Waals surface area (Å²) in [7, 11) is 0. The number of benzene rings is 5. The fraction of sp³-hybridized carbons (Fsp3) is 0.0976. The molecule has 3 nitrogen and oxygen atoms in total. The van der Waals surface area contributed by atoms with Crippen LogP contribution in [0.5, 0.6) is 0 Å². The standard InChI is InChI=1S/C41H33N3/c1-29-12-14-32(15-13-29)35-16-22-36(23-17-35)39-28-42-40(37-24-18-33(19-25-37)30-8-4-2-5-9-30)44-41(43-39)38-26-20-34(21-27-38)31-10-6-3-7-11-31/h2-24,26-27,37H,25,28H2,1H3. The molecule has 0 radical (unpaired) electrons. The van der Waals surface area contributed by atoms with Gasteiger partial charge in [-0.05, 0) is 52.3 Å². The molecule has 5 aromatic rings. The number of aryl methyl sites for hydroxylation is 1. The first-order valence-electron chi connectivity index (χ1n) is 15.2. The lowest BCUT2D eigenvalue weighted by molar-refractivity contribution is 0.857. The second-order valence-electron chi connectivity index (χ2n) is 11.3. The molecule has 0 aromatic heterocycles. The molecule has 0 saturated heterocycles. The lowest BCUT2D eigenvalue weighted by Gasteiger charge is -2.16. The maximum atomic E-state index is 5.15. The van der Waals surface area contributed by atoms with Crippen LogP contribution < -0.4 is 0 Å². The van der Waals surface area contributed by atoms with Crippen LogP contribution in [0.4, 0.5) is 0 Å². The van der Waals surface area contributed by atoms with Crippen molar-refractivity contribution in [1.29, 1.82) is 0 Å². The topological polar surface area (TPSA) is 37.1 Å². The minimum absolute atomic E-state index is 0.0968. The molecule has 0 spiro atoms. The number of amidine groups is 2. The van der Waals surface area contributed by atoms with Crippen LogP contribution in [0.1, 0.15) is 28.7 Å². The third-order valence-corrected chi connectivity index (χ3v) is 8.24. The van der Waals surface area contributed by atoms with Crippen LogP contribution >= 0.6 is 0 Å². The second-order valence-corrected chi connectivity index (χ2v) is 11.3. The molecule has 0 saturated carbocycles. The first-order chi connectivity index (χ1) is 21.7. The maximum absolute atomic E-state index is 5.15. The predicted molar refractivity (Wildman–Crippen MR) is 186 cm³/mol.